The lowest BCUT2D eigenvalue weighted by molar-refractivity contribution is 0.0423. The maximum atomic E-state index is 11.7. The minimum Gasteiger partial charge on any atom is -0.461 e. The van der Waals surface area contributed by atoms with Gasteiger partial charge in [-0.25, -0.2) is 4.79 Å². The maximum absolute atomic E-state index is 11.7. The maximum Gasteiger partial charge on any atom is 0.338 e. The Bertz CT molecular complexity index is 401. The summed E-state index contributed by atoms with van der Waals surface area (Å²) in [6.07, 6.45) is 0. The van der Waals surface area contributed by atoms with Crippen LogP contribution in [-0.4, -0.2) is 36.6 Å². The van der Waals surface area contributed by atoms with E-state index in [0.717, 1.165) is 11.0 Å². The fourth-order valence-electron chi connectivity index (χ4n) is 1.28. The smallest absolute Gasteiger partial charge is 0.338 e. The van der Waals surface area contributed by atoms with Crippen LogP contribution in [-0.2, 0) is 4.74 Å². The molecule has 0 aliphatic rings. The molecule has 108 valence electrons. The fraction of sp³-hybridized carbons (Fsp3) is 0.500. The molecule has 0 fully saturated rings. The Kier molecular flexibility index (Phi) is 7.64. The Labute approximate surface area is 129 Å². The largest absolute Gasteiger partial charge is 0.461 e. The highest BCUT2D eigenvalue weighted by Gasteiger charge is 2.17. The molecule has 0 aromatic heterocycles. The molecule has 1 aromatic carbocycles. The Hall–Kier alpha value is -0.580. The molecule has 3 nitrogen and oxygen atoms in total. The number of nitrogens with zero attached hydrogens (tertiary/aromatic N) is 1. The SMILES string of the molecule is CN(CCOC(=O)c1ccc(Br)cc1)C(C)(C)C.Cl. The summed E-state index contributed by atoms with van der Waals surface area (Å²) in [5.74, 6) is -0.273. The fourth-order valence-corrected chi connectivity index (χ4v) is 1.54. The van der Waals surface area contributed by atoms with E-state index in [1.807, 2.05) is 19.2 Å². The first-order valence-corrected chi connectivity index (χ1v) is 6.74. The number of ether oxygens (including phenoxy) is 1. The van der Waals surface area contributed by atoms with Gasteiger partial charge in [0, 0.05) is 16.6 Å². The highest BCUT2D eigenvalue weighted by Crippen LogP contribution is 2.12. The molecule has 0 bridgehead atoms. The van der Waals surface area contributed by atoms with Crippen molar-refractivity contribution in [1.29, 1.82) is 0 Å². The van der Waals surface area contributed by atoms with E-state index in [9.17, 15) is 4.79 Å². The minimum absolute atomic E-state index is 0. The molecule has 1 rings (SSSR count). The molecular weight excluding hydrogens is 330 g/mol. The van der Waals surface area contributed by atoms with Crippen LogP contribution in [0.3, 0.4) is 0 Å². The van der Waals surface area contributed by atoms with Crippen molar-refractivity contribution in [3.63, 3.8) is 0 Å². The molecule has 0 N–H and O–H groups in total. The number of hydrogen-bond donors (Lipinski definition) is 0. The third kappa shape index (κ3) is 6.41. The van der Waals surface area contributed by atoms with Crippen molar-refractivity contribution in [2.24, 2.45) is 0 Å². The quantitative estimate of drug-likeness (QED) is 0.774. The molecule has 5 heteroatoms. The van der Waals surface area contributed by atoms with Gasteiger partial charge in [0.25, 0.3) is 0 Å². The lowest BCUT2D eigenvalue weighted by Gasteiger charge is -2.31. The van der Waals surface area contributed by atoms with Crippen LogP contribution in [0.2, 0.25) is 0 Å². The second-order valence-electron chi connectivity index (χ2n) is 5.24. The molecule has 0 unspecified atom stereocenters. The zero-order valence-corrected chi connectivity index (χ0v) is 14.2. The lowest BCUT2D eigenvalue weighted by Crippen LogP contribution is -2.40. The minimum atomic E-state index is -0.273. The number of benzene rings is 1. The van der Waals surface area contributed by atoms with Gasteiger partial charge in [0.15, 0.2) is 0 Å². The predicted molar refractivity (Wildman–Crippen MR) is 84.1 cm³/mol. The van der Waals surface area contributed by atoms with E-state index < -0.39 is 0 Å². The number of carbonyl (C=O) groups excluding carboxylic acids is 1. The van der Waals surface area contributed by atoms with Crippen molar-refractivity contribution < 1.29 is 9.53 Å². The normalized spacial score (nSPS) is 11.1. The number of likely N-dealkylation sites (N-methyl/N-ethyl adjacent to an activating group) is 1. The van der Waals surface area contributed by atoms with E-state index >= 15 is 0 Å². The summed E-state index contributed by atoms with van der Waals surface area (Å²) in [5.41, 5.74) is 0.668. The third-order valence-corrected chi connectivity index (χ3v) is 3.41. The second-order valence-corrected chi connectivity index (χ2v) is 6.15. The van der Waals surface area contributed by atoms with Crippen LogP contribution in [0.1, 0.15) is 31.1 Å². The molecule has 0 aliphatic heterocycles. The van der Waals surface area contributed by atoms with Crippen molar-refractivity contribution in [3.8, 4) is 0 Å². The van der Waals surface area contributed by atoms with E-state index in [0.29, 0.717) is 12.2 Å². The van der Waals surface area contributed by atoms with Crippen molar-refractivity contribution >= 4 is 34.3 Å². The van der Waals surface area contributed by atoms with Crippen LogP contribution in [0, 0.1) is 0 Å². The molecule has 0 spiro atoms. The van der Waals surface area contributed by atoms with Crippen molar-refractivity contribution in [1.82, 2.24) is 4.90 Å². The molecule has 0 saturated heterocycles. The standard InChI is InChI=1S/C14H20BrNO2.ClH/c1-14(2,3)16(4)9-10-18-13(17)11-5-7-12(15)8-6-11;/h5-8H,9-10H2,1-4H3;1H. The summed E-state index contributed by atoms with van der Waals surface area (Å²) in [6, 6.07) is 7.16. The van der Waals surface area contributed by atoms with Gasteiger partial charge in [-0.3, -0.25) is 4.90 Å². The molecule has 0 saturated carbocycles. The summed E-state index contributed by atoms with van der Waals surface area (Å²) in [5, 5.41) is 0. The molecule has 0 heterocycles. The van der Waals surface area contributed by atoms with Crippen molar-refractivity contribution in [2.45, 2.75) is 26.3 Å². The first kappa shape index (κ1) is 18.4. The van der Waals surface area contributed by atoms with Gasteiger partial charge in [-0.05, 0) is 52.1 Å². The van der Waals surface area contributed by atoms with E-state index in [4.69, 9.17) is 4.74 Å². The lowest BCUT2D eigenvalue weighted by atomic mass is 10.1. The Morgan fingerprint density at radius 3 is 2.26 bits per heavy atom. The summed E-state index contributed by atoms with van der Waals surface area (Å²) in [6.45, 7) is 7.52. The van der Waals surface area contributed by atoms with E-state index in [1.54, 1.807) is 12.1 Å². The Morgan fingerprint density at radius 2 is 1.79 bits per heavy atom. The van der Waals surface area contributed by atoms with Crippen molar-refractivity contribution in [3.05, 3.63) is 34.3 Å². The second kappa shape index (κ2) is 7.88. The number of halogens is 2. The number of esters is 1. The molecule has 0 radical (unpaired) electrons. The summed E-state index contributed by atoms with van der Waals surface area (Å²) >= 11 is 3.33. The van der Waals surface area contributed by atoms with Crippen LogP contribution in [0.15, 0.2) is 28.7 Å². The molecule has 0 aliphatic carbocycles. The van der Waals surface area contributed by atoms with Gasteiger partial charge >= 0.3 is 5.97 Å². The number of carbonyl (C=O) groups is 1. The summed E-state index contributed by atoms with van der Waals surface area (Å²) in [7, 11) is 2.02. The van der Waals surface area contributed by atoms with E-state index in [2.05, 4.69) is 41.6 Å². The van der Waals surface area contributed by atoms with Crippen LogP contribution in [0.4, 0.5) is 0 Å². The van der Waals surface area contributed by atoms with Crippen LogP contribution in [0.5, 0.6) is 0 Å². The van der Waals surface area contributed by atoms with Crippen LogP contribution < -0.4 is 0 Å². The van der Waals surface area contributed by atoms with Gasteiger partial charge < -0.3 is 4.74 Å². The zero-order chi connectivity index (χ0) is 13.8. The third-order valence-electron chi connectivity index (χ3n) is 2.88. The molecule has 19 heavy (non-hydrogen) atoms. The van der Waals surface area contributed by atoms with Gasteiger partial charge in [0.1, 0.15) is 6.61 Å². The van der Waals surface area contributed by atoms with E-state index in [1.165, 1.54) is 0 Å². The van der Waals surface area contributed by atoms with Crippen LogP contribution in [0.25, 0.3) is 0 Å². The predicted octanol–water partition coefficient (Wildman–Crippen LogP) is 3.76. The average molecular weight is 351 g/mol. The molecule has 1 aromatic rings. The highest BCUT2D eigenvalue weighted by atomic mass is 79.9. The monoisotopic (exact) mass is 349 g/mol. The first-order valence-electron chi connectivity index (χ1n) is 5.94. The Morgan fingerprint density at radius 1 is 1.26 bits per heavy atom. The van der Waals surface area contributed by atoms with Gasteiger partial charge in [-0.1, -0.05) is 15.9 Å². The zero-order valence-electron chi connectivity index (χ0n) is 11.8. The van der Waals surface area contributed by atoms with Gasteiger partial charge in [0.2, 0.25) is 0 Å². The van der Waals surface area contributed by atoms with Gasteiger partial charge in [-0.2, -0.15) is 0 Å². The Balaban J connectivity index is 0.00000324. The number of rotatable bonds is 4. The van der Waals surface area contributed by atoms with Gasteiger partial charge in [-0.15, -0.1) is 12.4 Å². The van der Waals surface area contributed by atoms with Crippen LogP contribution >= 0.6 is 28.3 Å². The van der Waals surface area contributed by atoms with Gasteiger partial charge in [0.05, 0.1) is 5.56 Å². The summed E-state index contributed by atoms with van der Waals surface area (Å²) in [4.78, 5) is 13.9. The molecular formula is C14H21BrClNO2. The van der Waals surface area contributed by atoms with E-state index in [-0.39, 0.29) is 23.9 Å². The first-order chi connectivity index (χ1) is 8.30. The average Bonchev–Trinajstić information content (AvgIpc) is 2.28. The van der Waals surface area contributed by atoms with Crippen molar-refractivity contribution in [2.75, 3.05) is 20.2 Å². The topological polar surface area (TPSA) is 29.5 Å². The summed E-state index contributed by atoms with van der Waals surface area (Å²) < 4.78 is 6.19. The molecule has 0 atom stereocenters. The highest BCUT2D eigenvalue weighted by molar-refractivity contribution is 9.10. The molecule has 0 amide bonds. The number of hydrogen-bond acceptors (Lipinski definition) is 3.